The average Bonchev–Trinajstić information content (AvgIpc) is 2.49. The summed E-state index contributed by atoms with van der Waals surface area (Å²) in [6, 6.07) is 6.41. The van der Waals surface area contributed by atoms with E-state index in [1.54, 1.807) is 29.3 Å². The number of carbonyl (C=O) groups is 2. The van der Waals surface area contributed by atoms with Crippen molar-refractivity contribution >= 4 is 11.8 Å². The van der Waals surface area contributed by atoms with Crippen LogP contribution >= 0.6 is 0 Å². The number of hydrazine groups is 1. The van der Waals surface area contributed by atoms with Gasteiger partial charge in [-0.1, -0.05) is 0 Å². The van der Waals surface area contributed by atoms with Gasteiger partial charge >= 0.3 is 0 Å². The minimum atomic E-state index is -0.496. The summed E-state index contributed by atoms with van der Waals surface area (Å²) < 4.78 is 5.29. The summed E-state index contributed by atoms with van der Waals surface area (Å²) >= 11 is 0. The zero-order valence-corrected chi connectivity index (χ0v) is 11.5. The summed E-state index contributed by atoms with van der Waals surface area (Å²) in [5, 5.41) is 3.70. The summed E-state index contributed by atoms with van der Waals surface area (Å²) in [6.45, 7) is 5.20. The summed E-state index contributed by atoms with van der Waals surface area (Å²) in [7, 11) is 0. The third kappa shape index (κ3) is 3.15. The molecule has 1 aliphatic rings. The van der Waals surface area contributed by atoms with Crippen LogP contribution in [0.5, 0.6) is 0 Å². The molecular formula is C14H19N3O3. The molecule has 0 bridgehead atoms. The van der Waals surface area contributed by atoms with Gasteiger partial charge in [0.25, 0.3) is 5.91 Å². The lowest BCUT2D eigenvalue weighted by atomic mass is 10.1. The van der Waals surface area contributed by atoms with Crippen LogP contribution in [0.3, 0.4) is 0 Å². The fourth-order valence-corrected chi connectivity index (χ4v) is 2.19. The molecule has 0 unspecified atom stereocenters. The molecule has 108 valence electrons. The lowest BCUT2D eigenvalue weighted by molar-refractivity contribution is -0.0675. The maximum absolute atomic E-state index is 12.5. The Bertz CT molecular complexity index is 481. The van der Waals surface area contributed by atoms with E-state index in [0.717, 1.165) is 0 Å². The molecule has 1 fully saturated rings. The lowest BCUT2D eigenvalue weighted by Crippen LogP contribution is -2.51. The average molecular weight is 277 g/mol. The van der Waals surface area contributed by atoms with Crippen molar-refractivity contribution in [3.8, 4) is 0 Å². The van der Waals surface area contributed by atoms with Crippen molar-refractivity contribution in [2.24, 2.45) is 5.73 Å². The monoisotopic (exact) mass is 277 g/mol. The number of benzene rings is 1. The Hall–Kier alpha value is -1.92. The van der Waals surface area contributed by atoms with E-state index in [-0.39, 0.29) is 5.91 Å². The van der Waals surface area contributed by atoms with Gasteiger partial charge in [0.1, 0.15) is 0 Å². The first-order valence-electron chi connectivity index (χ1n) is 6.68. The molecule has 2 N–H and O–H groups in total. The summed E-state index contributed by atoms with van der Waals surface area (Å²) in [6.07, 6.45) is 0. The number of amides is 2. The second kappa shape index (κ2) is 6.49. The van der Waals surface area contributed by atoms with Gasteiger partial charge in [-0.25, -0.2) is 5.01 Å². The molecular weight excluding hydrogens is 258 g/mol. The normalized spacial score (nSPS) is 15.8. The number of nitrogens with zero attached hydrogens (tertiary/aromatic N) is 2. The first kappa shape index (κ1) is 14.5. The number of hydrogen-bond donors (Lipinski definition) is 1. The molecule has 2 rings (SSSR count). The Balaban J connectivity index is 2.13. The molecule has 0 atom stereocenters. The number of rotatable bonds is 4. The first-order chi connectivity index (χ1) is 9.63. The Kier molecular flexibility index (Phi) is 4.70. The topological polar surface area (TPSA) is 75.9 Å². The summed E-state index contributed by atoms with van der Waals surface area (Å²) in [4.78, 5) is 23.5. The number of nitrogens with two attached hydrogens (primary N) is 1. The van der Waals surface area contributed by atoms with Gasteiger partial charge in [0.2, 0.25) is 5.91 Å². The van der Waals surface area contributed by atoms with Gasteiger partial charge in [-0.05, 0) is 31.2 Å². The molecule has 2 amide bonds. The second-order valence-electron chi connectivity index (χ2n) is 4.53. The summed E-state index contributed by atoms with van der Waals surface area (Å²) in [5.74, 6) is -0.574. The van der Waals surface area contributed by atoms with Gasteiger partial charge in [-0.2, -0.15) is 0 Å². The van der Waals surface area contributed by atoms with E-state index in [9.17, 15) is 9.59 Å². The first-order valence-corrected chi connectivity index (χ1v) is 6.68. The van der Waals surface area contributed by atoms with Crippen LogP contribution in [0.2, 0.25) is 0 Å². The molecule has 1 aromatic carbocycles. The van der Waals surface area contributed by atoms with Crippen molar-refractivity contribution in [3.05, 3.63) is 35.4 Å². The van der Waals surface area contributed by atoms with E-state index in [4.69, 9.17) is 10.5 Å². The molecule has 0 aromatic heterocycles. The van der Waals surface area contributed by atoms with E-state index in [1.807, 2.05) is 11.9 Å². The van der Waals surface area contributed by atoms with Gasteiger partial charge < -0.3 is 10.5 Å². The van der Waals surface area contributed by atoms with Gasteiger partial charge in [0.15, 0.2) is 0 Å². The van der Waals surface area contributed by atoms with E-state index in [0.29, 0.717) is 44.0 Å². The van der Waals surface area contributed by atoms with Crippen LogP contribution in [-0.4, -0.2) is 54.7 Å². The molecule has 1 aromatic rings. The lowest BCUT2D eigenvalue weighted by Gasteiger charge is -2.36. The van der Waals surface area contributed by atoms with Crippen LogP contribution in [0.4, 0.5) is 0 Å². The van der Waals surface area contributed by atoms with Crippen LogP contribution in [0.1, 0.15) is 27.6 Å². The van der Waals surface area contributed by atoms with Crippen LogP contribution in [0.15, 0.2) is 24.3 Å². The smallest absolute Gasteiger partial charge is 0.268 e. The second-order valence-corrected chi connectivity index (χ2v) is 4.53. The van der Waals surface area contributed by atoms with E-state index in [1.165, 1.54) is 0 Å². The molecule has 6 nitrogen and oxygen atoms in total. The number of ether oxygens (including phenoxy) is 1. The van der Waals surface area contributed by atoms with Crippen molar-refractivity contribution in [1.29, 1.82) is 0 Å². The van der Waals surface area contributed by atoms with Crippen molar-refractivity contribution < 1.29 is 14.3 Å². The third-order valence-corrected chi connectivity index (χ3v) is 3.28. The zero-order valence-electron chi connectivity index (χ0n) is 11.5. The summed E-state index contributed by atoms with van der Waals surface area (Å²) in [5.41, 5.74) is 6.13. The number of morpholine rings is 1. The standard InChI is InChI=1S/C14H19N3O3/c1-2-17(16-7-9-20-10-8-16)14(19)12-5-3-11(4-6-12)13(15)18/h3-6H,2,7-10H2,1H3,(H2,15,18). The molecule has 6 heteroatoms. The molecule has 20 heavy (non-hydrogen) atoms. The minimum absolute atomic E-state index is 0.0783. The highest BCUT2D eigenvalue weighted by Gasteiger charge is 2.23. The van der Waals surface area contributed by atoms with Gasteiger partial charge in [0, 0.05) is 30.8 Å². The van der Waals surface area contributed by atoms with Crippen molar-refractivity contribution in [2.45, 2.75) is 6.92 Å². The Morgan fingerprint density at radius 2 is 1.75 bits per heavy atom. The maximum Gasteiger partial charge on any atom is 0.268 e. The molecule has 1 heterocycles. The molecule has 0 saturated carbocycles. The van der Waals surface area contributed by atoms with Gasteiger partial charge in [-0.15, -0.1) is 0 Å². The number of carbonyl (C=O) groups excluding carboxylic acids is 2. The highest BCUT2D eigenvalue weighted by Crippen LogP contribution is 2.11. The van der Waals surface area contributed by atoms with E-state index < -0.39 is 5.91 Å². The molecule has 0 aliphatic carbocycles. The fourth-order valence-electron chi connectivity index (χ4n) is 2.19. The number of hydrogen-bond acceptors (Lipinski definition) is 4. The van der Waals surface area contributed by atoms with Gasteiger partial charge in [0.05, 0.1) is 13.2 Å². The van der Waals surface area contributed by atoms with Crippen molar-refractivity contribution in [1.82, 2.24) is 10.0 Å². The van der Waals surface area contributed by atoms with Crippen LogP contribution < -0.4 is 5.73 Å². The highest BCUT2D eigenvalue weighted by atomic mass is 16.5. The quantitative estimate of drug-likeness (QED) is 0.869. The third-order valence-electron chi connectivity index (χ3n) is 3.28. The highest BCUT2D eigenvalue weighted by molar-refractivity contribution is 5.97. The molecule has 0 radical (unpaired) electrons. The maximum atomic E-state index is 12.5. The predicted molar refractivity (Wildman–Crippen MR) is 74.1 cm³/mol. The Labute approximate surface area is 118 Å². The molecule has 1 aliphatic heterocycles. The van der Waals surface area contributed by atoms with Crippen LogP contribution in [0, 0.1) is 0 Å². The van der Waals surface area contributed by atoms with Crippen LogP contribution in [-0.2, 0) is 4.74 Å². The van der Waals surface area contributed by atoms with Crippen molar-refractivity contribution in [3.63, 3.8) is 0 Å². The molecule has 0 spiro atoms. The van der Waals surface area contributed by atoms with Crippen LogP contribution in [0.25, 0.3) is 0 Å². The Morgan fingerprint density at radius 3 is 2.25 bits per heavy atom. The number of primary amides is 1. The minimum Gasteiger partial charge on any atom is -0.379 e. The van der Waals surface area contributed by atoms with Crippen molar-refractivity contribution in [2.75, 3.05) is 32.8 Å². The fraction of sp³-hybridized carbons (Fsp3) is 0.429. The largest absolute Gasteiger partial charge is 0.379 e. The predicted octanol–water partition coefficient (Wildman–Crippen LogP) is 0.495. The SMILES string of the molecule is CCN(C(=O)c1ccc(C(N)=O)cc1)N1CCOCC1. The Morgan fingerprint density at radius 1 is 1.20 bits per heavy atom. The van der Waals surface area contributed by atoms with Gasteiger partial charge in [-0.3, -0.25) is 14.6 Å². The molecule has 1 saturated heterocycles. The van der Waals surface area contributed by atoms with E-state index in [2.05, 4.69) is 0 Å². The zero-order chi connectivity index (χ0) is 14.5. The van der Waals surface area contributed by atoms with E-state index >= 15 is 0 Å².